The molecular weight excluding hydrogens is 247 g/mol. The number of benzene rings is 2. The molecule has 5 heteroatoms. The lowest BCUT2D eigenvalue weighted by Gasteiger charge is -2.00. The first-order valence-electron chi connectivity index (χ1n) is 5.67. The zero-order valence-electron chi connectivity index (χ0n) is 10.2. The van der Waals surface area contributed by atoms with Gasteiger partial charge in [0, 0.05) is 11.8 Å². The number of nitrogen functional groups attached to an aromatic ring is 1. The van der Waals surface area contributed by atoms with Crippen molar-refractivity contribution >= 4 is 16.8 Å². The molecule has 0 saturated heterocycles. The van der Waals surface area contributed by atoms with Crippen molar-refractivity contribution in [3.63, 3.8) is 0 Å². The molecule has 0 spiro atoms. The number of hydrogen-bond donors (Lipinski definition) is 1. The molecule has 0 unspecified atom stereocenters. The summed E-state index contributed by atoms with van der Waals surface area (Å²) in [4.78, 5) is 4.32. The van der Waals surface area contributed by atoms with Crippen molar-refractivity contribution in [1.82, 2.24) is 4.98 Å². The third-order valence-corrected chi connectivity index (χ3v) is 2.84. The van der Waals surface area contributed by atoms with E-state index in [4.69, 9.17) is 14.9 Å². The molecule has 0 bridgehead atoms. The highest BCUT2D eigenvalue weighted by atomic mass is 19.1. The van der Waals surface area contributed by atoms with Crippen LogP contribution in [-0.4, -0.2) is 12.1 Å². The highest BCUT2D eigenvalue weighted by Crippen LogP contribution is 2.30. The molecule has 2 N–H and O–H groups in total. The summed E-state index contributed by atoms with van der Waals surface area (Å²) >= 11 is 0. The molecule has 0 aliphatic carbocycles. The van der Waals surface area contributed by atoms with Gasteiger partial charge in [-0.2, -0.15) is 0 Å². The zero-order valence-corrected chi connectivity index (χ0v) is 10.2. The minimum Gasteiger partial charge on any atom is -0.497 e. The van der Waals surface area contributed by atoms with E-state index in [0.717, 1.165) is 0 Å². The highest BCUT2D eigenvalue weighted by molar-refractivity contribution is 5.80. The fourth-order valence-electron chi connectivity index (χ4n) is 1.88. The number of hydrogen-bond acceptors (Lipinski definition) is 4. The molecule has 0 fully saturated rings. The van der Waals surface area contributed by atoms with Gasteiger partial charge in [-0.05, 0) is 30.3 Å². The topological polar surface area (TPSA) is 61.3 Å². The first-order valence-corrected chi connectivity index (χ1v) is 5.67. The van der Waals surface area contributed by atoms with Crippen molar-refractivity contribution in [2.75, 3.05) is 12.8 Å². The van der Waals surface area contributed by atoms with Crippen LogP contribution in [0.5, 0.6) is 5.75 Å². The number of nitrogens with two attached hydrogens (primary N) is 1. The molecule has 1 heterocycles. The highest BCUT2D eigenvalue weighted by Gasteiger charge is 2.12. The average molecular weight is 258 g/mol. The summed E-state index contributed by atoms with van der Waals surface area (Å²) in [6.45, 7) is 0. The van der Waals surface area contributed by atoms with E-state index < -0.39 is 0 Å². The molecule has 0 aliphatic rings. The van der Waals surface area contributed by atoms with Gasteiger partial charge in [-0.25, -0.2) is 9.37 Å². The summed E-state index contributed by atoms with van der Waals surface area (Å²) in [7, 11) is 1.58. The lowest BCUT2D eigenvalue weighted by molar-refractivity contribution is 0.414. The fourth-order valence-corrected chi connectivity index (χ4v) is 1.88. The Hall–Kier alpha value is -2.56. The maximum atomic E-state index is 13.0. The van der Waals surface area contributed by atoms with Gasteiger partial charge in [0.1, 0.15) is 17.1 Å². The number of ether oxygens (including phenoxy) is 1. The minimum absolute atomic E-state index is 0.290. The Morgan fingerprint density at radius 3 is 2.79 bits per heavy atom. The maximum Gasteiger partial charge on any atom is 0.229 e. The van der Waals surface area contributed by atoms with Gasteiger partial charge in [-0.15, -0.1) is 0 Å². The van der Waals surface area contributed by atoms with Crippen molar-refractivity contribution in [1.29, 1.82) is 0 Å². The van der Waals surface area contributed by atoms with Crippen LogP contribution < -0.4 is 10.5 Å². The van der Waals surface area contributed by atoms with Crippen LogP contribution in [0, 0.1) is 5.82 Å². The predicted molar refractivity (Wildman–Crippen MR) is 70.4 cm³/mol. The molecule has 0 aliphatic heterocycles. The van der Waals surface area contributed by atoms with Gasteiger partial charge in [0.2, 0.25) is 5.89 Å². The molecule has 1 aromatic heterocycles. The lowest BCUT2D eigenvalue weighted by atomic mass is 10.2. The van der Waals surface area contributed by atoms with Crippen molar-refractivity contribution in [3.8, 4) is 17.2 Å². The van der Waals surface area contributed by atoms with E-state index in [2.05, 4.69) is 4.98 Å². The Bertz CT molecular complexity index is 752. The number of anilines is 1. The normalized spacial score (nSPS) is 10.8. The van der Waals surface area contributed by atoms with E-state index in [1.54, 1.807) is 31.4 Å². The monoisotopic (exact) mass is 258 g/mol. The molecule has 3 aromatic rings. The van der Waals surface area contributed by atoms with E-state index >= 15 is 0 Å². The van der Waals surface area contributed by atoms with E-state index in [1.165, 1.54) is 12.1 Å². The molecule has 0 amide bonds. The SMILES string of the molecule is COc1ccc2nc(-c3ccc(F)cc3N)oc2c1. The van der Waals surface area contributed by atoms with Gasteiger partial charge in [0.15, 0.2) is 5.58 Å². The van der Waals surface area contributed by atoms with Crippen molar-refractivity contribution < 1.29 is 13.5 Å². The average Bonchev–Trinajstić information content (AvgIpc) is 2.80. The molecule has 0 atom stereocenters. The quantitative estimate of drug-likeness (QED) is 0.717. The first kappa shape index (κ1) is 11.5. The van der Waals surface area contributed by atoms with Crippen molar-refractivity contribution in [2.45, 2.75) is 0 Å². The Balaban J connectivity index is 2.14. The van der Waals surface area contributed by atoms with Crippen molar-refractivity contribution in [2.24, 2.45) is 0 Å². The van der Waals surface area contributed by atoms with Gasteiger partial charge < -0.3 is 14.9 Å². The largest absolute Gasteiger partial charge is 0.497 e. The Morgan fingerprint density at radius 1 is 1.21 bits per heavy atom. The molecule has 2 aromatic carbocycles. The molecule has 0 radical (unpaired) electrons. The second-order valence-corrected chi connectivity index (χ2v) is 4.08. The predicted octanol–water partition coefficient (Wildman–Crippen LogP) is 3.22. The summed E-state index contributed by atoms with van der Waals surface area (Å²) in [5.41, 5.74) is 7.91. The summed E-state index contributed by atoms with van der Waals surface area (Å²) in [5.74, 6) is 0.655. The summed E-state index contributed by atoms with van der Waals surface area (Å²) in [6, 6.07) is 9.44. The number of rotatable bonds is 2. The van der Waals surface area contributed by atoms with Crippen LogP contribution in [0.2, 0.25) is 0 Å². The summed E-state index contributed by atoms with van der Waals surface area (Å²) in [5, 5.41) is 0. The molecule has 0 saturated carbocycles. The Labute approximate surface area is 108 Å². The van der Waals surface area contributed by atoms with Crippen LogP contribution in [0.15, 0.2) is 40.8 Å². The lowest BCUT2D eigenvalue weighted by Crippen LogP contribution is -1.91. The number of fused-ring (bicyclic) bond motifs is 1. The molecule has 3 rings (SSSR count). The van der Waals surface area contributed by atoms with Gasteiger partial charge in [-0.1, -0.05) is 0 Å². The third-order valence-electron chi connectivity index (χ3n) is 2.84. The van der Waals surface area contributed by atoms with Crippen LogP contribution in [0.25, 0.3) is 22.6 Å². The first-order chi connectivity index (χ1) is 9.17. The second-order valence-electron chi connectivity index (χ2n) is 4.08. The van der Waals surface area contributed by atoms with Crippen LogP contribution in [0.1, 0.15) is 0 Å². The van der Waals surface area contributed by atoms with Crippen LogP contribution in [0.3, 0.4) is 0 Å². The van der Waals surface area contributed by atoms with E-state index in [-0.39, 0.29) is 5.82 Å². The number of halogens is 1. The Kier molecular flexibility index (Phi) is 2.59. The number of oxazole rings is 1. The van der Waals surface area contributed by atoms with Crippen LogP contribution in [0.4, 0.5) is 10.1 Å². The zero-order chi connectivity index (χ0) is 13.4. The van der Waals surface area contributed by atoms with Gasteiger partial charge >= 0.3 is 0 Å². The fraction of sp³-hybridized carbons (Fsp3) is 0.0714. The van der Waals surface area contributed by atoms with Crippen LogP contribution in [-0.2, 0) is 0 Å². The minimum atomic E-state index is -0.390. The molecule has 19 heavy (non-hydrogen) atoms. The number of nitrogens with zero attached hydrogens (tertiary/aromatic N) is 1. The standard InChI is InChI=1S/C14H11FN2O2/c1-18-9-3-5-12-13(7-9)19-14(17-12)10-4-2-8(15)6-11(10)16/h2-7H,16H2,1H3. The summed E-state index contributed by atoms with van der Waals surface area (Å²) < 4.78 is 23.8. The third kappa shape index (κ3) is 1.99. The molecule has 96 valence electrons. The second kappa shape index (κ2) is 4.28. The van der Waals surface area contributed by atoms with Gasteiger partial charge in [0.25, 0.3) is 0 Å². The smallest absolute Gasteiger partial charge is 0.229 e. The van der Waals surface area contributed by atoms with E-state index in [9.17, 15) is 4.39 Å². The van der Waals surface area contributed by atoms with E-state index in [1.807, 2.05) is 0 Å². The number of methoxy groups -OCH3 is 1. The Morgan fingerprint density at radius 2 is 2.05 bits per heavy atom. The summed E-state index contributed by atoms with van der Waals surface area (Å²) in [6.07, 6.45) is 0. The van der Waals surface area contributed by atoms with E-state index in [0.29, 0.717) is 34.0 Å². The number of aromatic nitrogens is 1. The van der Waals surface area contributed by atoms with Crippen molar-refractivity contribution in [3.05, 3.63) is 42.2 Å². The molecular formula is C14H11FN2O2. The van der Waals surface area contributed by atoms with Crippen LogP contribution >= 0.6 is 0 Å². The van der Waals surface area contributed by atoms with Gasteiger partial charge in [0.05, 0.1) is 12.7 Å². The maximum absolute atomic E-state index is 13.0. The molecule has 4 nitrogen and oxygen atoms in total. The van der Waals surface area contributed by atoms with Gasteiger partial charge in [-0.3, -0.25) is 0 Å².